The lowest BCUT2D eigenvalue weighted by Crippen LogP contribution is -2.53. The number of ether oxygens (including phenoxy) is 1. The predicted octanol–water partition coefficient (Wildman–Crippen LogP) is 1.70. The van der Waals surface area contributed by atoms with E-state index in [1.807, 2.05) is 30.3 Å². The molecule has 2 N–H and O–H groups in total. The molecule has 0 bridgehead atoms. The van der Waals surface area contributed by atoms with Crippen molar-refractivity contribution in [3.8, 4) is 5.75 Å². The van der Waals surface area contributed by atoms with Gasteiger partial charge in [0.15, 0.2) is 5.96 Å². The van der Waals surface area contributed by atoms with Crippen LogP contribution in [-0.2, 0) is 17.9 Å². The number of carbonyl (C=O) groups is 1. The number of nitrogens with one attached hydrogen (secondary N) is 2. The highest BCUT2D eigenvalue weighted by molar-refractivity contribution is 5.86. The summed E-state index contributed by atoms with van der Waals surface area (Å²) in [6, 6.07) is 18.2. The summed E-state index contributed by atoms with van der Waals surface area (Å²) in [6.45, 7) is 5.38. The van der Waals surface area contributed by atoms with E-state index in [-0.39, 0.29) is 12.5 Å². The molecule has 1 saturated heterocycles. The van der Waals surface area contributed by atoms with E-state index in [2.05, 4.69) is 49.7 Å². The maximum absolute atomic E-state index is 12.2. The van der Waals surface area contributed by atoms with Gasteiger partial charge in [0.25, 0.3) is 0 Å². The number of aliphatic imine (C=N–C) groups is 1. The minimum atomic E-state index is -0.0605. The number of piperazine rings is 1. The monoisotopic (exact) mass is 409 g/mol. The number of methoxy groups -OCH3 is 1. The van der Waals surface area contributed by atoms with Crippen molar-refractivity contribution in [2.45, 2.75) is 13.1 Å². The fourth-order valence-electron chi connectivity index (χ4n) is 3.46. The number of rotatable bonds is 7. The van der Waals surface area contributed by atoms with Gasteiger partial charge in [0, 0.05) is 46.3 Å². The molecule has 1 heterocycles. The van der Waals surface area contributed by atoms with E-state index in [9.17, 15) is 4.79 Å². The highest BCUT2D eigenvalue weighted by Crippen LogP contribution is 2.11. The van der Waals surface area contributed by atoms with Crippen LogP contribution in [-0.4, -0.2) is 68.5 Å². The zero-order valence-corrected chi connectivity index (χ0v) is 17.8. The third-order valence-corrected chi connectivity index (χ3v) is 5.19. The number of hydrogen-bond acceptors (Lipinski definition) is 4. The first-order valence-electron chi connectivity index (χ1n) is 10.3. The summed E-state index contributed by atoms with van der Waals surface area (Å²) in [6.07, 6.45) is 0. The summed E-state index contributed by atoms with van der Waals surface area (Å²) in [4.78, 5) is 21.2. The molecule has 7 heteroatoms. The Bertz CT molecular complexity index is 815. The van der Waals surface area contributed by atoms with Crippen molar-refractivity contribution in [2.75, 3.05) is 46.9 Å². The number of carbonyl (C=O) groups excluding carboxylic acids is 1. The largest absolute Gasteiger partial charge is 0.497 e. The van der Waals surface area contributed by atoms with Gasteiger partial charge < -0.3 is 20.3 Å². The molecule has 2 aromatic rings. The zero-order valence-electron chi connectivity index (χ0n) is 17.8. The molecule has 1 aliphatic rings. The number of guanidine groups is 1. The second-order valence-electron chi connectivity index (χ2n) is 7.27. The molecule has 160 valence electrons. The van der Waals surface area contributed by atoms with Gasteiger partial charge in [-0.15, -0.1) is 0 Å². The molecular formula is C23H31N5O2. The second-order valence-corrected chi connectivity index (χ2v) is 7.27. The van der Waals surface area contributed by atoms with E-state index < -0.39 is 0 Å². The van der Waals surface area contributed by atoms with Crippen LogP contribution in [0.1, 0.15) is 11.1 Å². The summed E-state index contributed by atoms with van der Waals surface area (Å²) in [7, 11) is 3.40. The molecule has 1 aliphatic heterocycles. The molecule has 3 rings (SSSR count). The van der Waals surface area contributed by atoms with Crippen molar-refractivity contribution < 1.29 is 9.53 Å². The summed E-state index contributed by atoms with van der Waals surface area (Å²) < 4.78 is 5.15. The molecule has 0 spiro atoms. The lowest BCUT2D eigenvalue weighted by Gasteiger charge is -2.36. The molecule has 0 saturated carbocycles. The van der Waals surface area contributed by atoms with E-state index in [0.29, 0.717) is 6.54 Å². The maximum Gasteiger partial charge on any atom is 0.239 e. The van der Waals surface area contributed by atoms with E-state index in [1.165, 1.54) is 5.56 Å². The van der Waals surface area contributed by atoms with Gasteiger partial charge in [0.2, 0.25) is 5.91 Å². The van der Waals surface area contributed by atoms with Gasteiger partial charge in [-0.2, -0.15) is 0 Å². The Balaban J connectivity index is 1.38. The van der Waals surface area contributed by atoms with Gasteiger partial charge >= 0.3 is 0 Å². The molecule has 0 aliphatic carbocycles. The molecular weight excluding hydrogens is 378 g/mol. The van der Waals surface area contributed by atoms with Gasteiger partial charge in [-0.05, 0) is 23.3 Å². The first-order valence-corrected chi connectivity index (χ1v) is 10.3. The third kappa shape index (κ3) is 6.49. The molecule has 0 atom stereocenters. The average molecular weight is 410 g/mol. The first-order chi connectivity index (χ1) is 14.7. The topological polar surface area (TPSA) is 69.2 Å². The number of hydrogen-bond donors (Lipinski definition) is 2. The van der Waals surface area contributed by atoms with Crippen LogP contribution < -0.4 is 15.4 Å². The fourth-order valence-corrected chi connectivity index (χ4v) is 3.46. The van der Waals surface area contributed by atoms with E-state index in [0.717, 1.165) is 50.0 Å². The Hall–Kier alpha value is -3.06. The molecule has 7 nitrogen and oxygen atoms in total. The van der Waals surface area contributed by atoms with Crippen molar-refractivity contribution in [3.63, 3.8) is 0 Å². The van der Waals surface area contributed by atoms with Crippen molar-refractivity contribution >= 4 is 11.9 Å². The van der Waals surface area contributed by atoms with Gasteiger partial charge in [-0.25, -0.2) is 0 Å². The zero-order chi connectivity index (χ0) is 21.2. The average Bonchev–Trinajstić information content (AvgIpc) is 2.80. The van der Waals surface area contributed by atoms with Crippen molar-refractivity contribution in [3.05, 3.63) is 65.7 Å². The third-order valence-electron chi connectivity index (χ3n) is 5.19. The van der Waals surface area contributed by atoms with Crippen molar-refractivity contribution in [2.24, 2.45) is 4.99 Å². The van der Waals surface area contributed by atoms with Crippen LogP contribution in [0.15, 0.2) is 59.6 Å². The van der Waals surface area contributed by atoms with Crippen LogP contribution in [0.25, 0.3) is 0 Å². The highest BCUT2D eigenvalue weighted by Gasteiger charge is 2.20. The van der Waals surface area contributed by atoms with E-state index in [1.54, 1.807) is 14.2 Å². The standard InChI is InChI=1S/C23H31N5O2/c1-24-23(26-17-22(29)25-16-19-8-10-21(30-2)11-9-19)28-14-12-27(13-15-28)18-20-6-4-3-5-7-20/h3-11H,12-18H2,1-2H3,(H,24,26)(H,25,29). The molecule has 1 fully saturated rings. The Morgan fingerprint density at radius 1 is 0.967 bits per heavy atom. The van der Waals surface area contributed by atoms with E-state index >= 15 is 0 Å². The molecule has 0 radical (unpaired) electrons. The Morgan fingerprint density at radius 3 is 2.30 bits per heavy atom. The van der Waals surface area contributed by atoms with Crippen LogP contribution in [0.4, 0.5) is 0 Å². The minimum Gasteiger partial charge on any atom is -0.497 e. The summed E-state index contributed by atoms with van der Waals surface area (Å²) in [5.74, 6) is 1.52. The molecule has 2 aromatic carbocycles. The van der Waals surface area contributed by atoms with Gasteiger partial charge in [-0.3, -0.25) is 14.7 Å². The van der Waals surface area contributed by atoms with Crippen LogP contribution in [0.2, 0.25) is 0 Å². The van der Waals surface area contributed by atoms with Gasteiger partial charge in [0.1, 0.15) is 5.75 Å². The highest BCUT2D eigenvalue weighted by atomic mass is 16.5. The van der Waals surface area contributed by atoms with Crippen LogP contribution in [0, 0.1) is 0 Å². The molecule has 0 unspecified atom stereocenters. The van der Waals surface area contributed by atoms with Gasteiger partial charge in [0.05, 0.1) is 13.7 Å². The molecule has 30 heavy (non-hydrogen) atoms. The number of amides is 1. The lowest BCUT2D eigenvalue weighted by molar-refractivity contribution is -0.120. The summed E-state index contributed by atoms with van der Waals surface area (Å²) >= 11 is 0. The summed E-state index contributed by atoms with van der Waals surface area (Å²) in [5, 5.41) is 6.11. The van der Waals surface area contributed by atoms with Gasteiger partial charge in [-0.1, -0.05) is 42.5 Å². The molecule has 1 amide bonds. The second kappa shape index (κ2) is 11.2. The van der Waals surface area contributed by atoms with Crippen molar-refractivity contribution in [1.82, 2.24) is 20.4 Å². The minimum absolute atomic E-state index is 0.0605. The predicted molar refractivity (Wildman–Crippen MR) is 119 cm³/mol. The number of benzene rings is 2. The quantitative estimate of drug-likeness (QED) is 0.538. The van der Waals surface area contributed by atoms with Crippen LogP contribution >= 0.6 is 0 Å². The number of nitrogens with zero attached hydrogens (tertiary/aromatic N) is 3. The fraction of sp³-hybridized carbons (Fsp3) is 0.391. The SMILES string of the molecule is CN=C(NCC(=O)NCc1ccc(OC)cc1)N1CCN(Cc2ccccc2)CC1. The van der Waals surface area contributed by atoms with Crippen molar-refractivity contribution in [1.29, 1.82) is 0 Å². The normalized spacial score (nSPS) is 15.0. The van der Waals surface area contributed by atoms with Crippen LogP contribution in [0.5, 0.6) is 5.75 Å². The lowest BCUT2D eigenvalue weighted by atomic mass is 10.2. The first kappa shape index (κ1) is 21.6. The summed E-state index contributed by atoms with van der Waals surface area (Å²) in [5.41, 5.74) is 2.37. The van der Waals surface area contributed by atoms with Crippen LogP contribution in [0.3, 0.4) is 0 Å². The Kier molecular flexibility index (Phi) is 8.09. The Labute approximate surface area is 178 Å². The maximum atomic E-state index is 12.2. The van der Waals surface area contributed by atoms with E-state index in [4.69, 9.17) is 4.74 Å². The molecule has 0 aromatic heterocycles. The Morgan fingerprint density at radius 2 is 1.67 bits per heavy atom. The smallest absolute Gasteiger partial charge is 0.239 e.